The molecule has 6 aromatic rings. The van der Waals surface area contributed by atoms with Gasteiger partial charge in [-0.15, -0.1) is 15.3 Å². The number of hydrogen-bond donors (Lipinski definition) is 13. The van der Waals surface area contributed by atoms with Crippen molar-refractivity contribution in [3.05, 3.63) is 78.1 Å². The van der Waals surface area contributed by atoms with Gasteiger partial charge in [0.15, 0.2) is 18.9 Å². The van der Waals surface area contributed by atoms with E-state index in [9.17, 15) is 30.6 Å². The fourth-order valence-electron chi connectivity index (χ4n) is 12.3. The third-order valence-electron chi connectivity index (χ3n) is 17.8. The lowest BCUT2D eigenvalue weighted by Crippen LogP contribution is -2.68. The monoisotopic (exact) mass is 1260 g/mol. The number of aliphatic hydroxyl groups is 6. The highest BCUT2D eigenvalue weighted by atomic mass is 16.8. The molecule has 90 heavy (non-hydrogen) atoms. The molecule has 4 aliphatic heterocycles. The second-order valence-corrected chi connectivity index (χ2v) is 24.5. The SMILES string of the molecule is CN1CCN(c2ccc3nc(-c4ccc(OCc5cn(CCCCCCn6cc(CCCCc7cn(C[C@H]8OC(O[C@@H]9C(O)[C@H](N)CC(N)[C@H]9O[C@H]9OC(CN)[C@@H](O)[C@H](O)C9N)[C@@H](O)[C@H]8O[C@H]8O[C@@H](CN)[C@@H](O)C(O)C8N)nn7)nn6)nn5)cc4)[nH]c3c2)CC1. The lowest BCUT2D eigenvalue weighted by molar-refractivity contribution is -0.306. The molecule has 5 aliphatic rings. The third kappa shape index (κ3) is 15.5. The van der Waals surface area contributed by atoms with Gasteiger partial charge in [-0.1, -0.05) is 28.5 Å². The standard InChI is InChI=1S/C58H89N19O13/c1-73-18-20-74(21-19-73)35-12-15-39-40(22-35)66-55(65-39)31-10-13-36(14-11-31)84-30-34-28-76(71-69-34)17-7-3-2-6-16-75-26-32(67-70-75)8-4-5-9-33-27-77(72-68-33)29-43-53(89-57-45(64)50(82)48(80)42(25-60)86-57)51(83)58(87-43)90-54-46(78)37(61)23-38(62)52(54)88-56-44(63)49(81)47(79)41(24-59)85-56/h10-15,22,26-28,37-38,41-54,56-58,78-83H,2-9,16-21,23-25,29-30,59-64H2,1H3,(H,65,66)/t37-,38?,41?,42+,43-,44?,45?,46?,47-,48-,49-,50?,51+,52-,53+,54-,56-,57-,58?/m1/s1. The molecule has 19 N–H and O–H groups in total. The fourth-order valence-corrected chi connectivity index (χ4v) is 12.3. The van der Waals surface area contributed by atoms with Crippen LogP contribution in [0, 0.1) is 0 Å². The first kappa shape index (κ1) is 65.7. The molecule has 0 amide bonds. The highest BCUT2D eigenvalue weighted by Gasteiger charge is 2.55. The van der Waals surface area contributed by atoms with Gasteiger partial charge in [0.1, 0.15) is 91.0 Å². The summed E-state index contributed by atoms with van der Waals surface area (Å²) >= 11 is 0. The van der Waals surface area contributed by atoms with E-state index in [1.165, 1.54) is 10.4 Å². The van der Waals surface area contributed by atoms with Crippen molar-refractivity contribution in [2.75, 3.05) is 51.2 Å². The van der Waals surface area contributed by atoms with Gasteiger partial charge in [-0.2, -0.15) is 0 Å². The molecule has 5 fully saturated rings. The molecule has 494 valence electrons. The number of aromatic amines is 1. The smallest absolute Gasteiger partial charge is 0.187 e. The van der Waals surface area contributed by atoms with Gasteiger partial charge in [0, 0.05) is 88.1 Å². The molecule has 1 saturated carbocycles. The summed E-state index contributed by atoms with van der Waals surface area (Å²) in [6, 6.07) is 10.0. The molecule has 4 aromatic heterocycles. The summed E-state index contributed by atoms with van der Waals surface area (Å²) in [7, 11) is 2.16. The normalized spacial score (nSPS) is 32.7. The Morgan fingerprint density at radius 2 is 1.12 bits per heavy atom. The molecule has 0 spiro atoms. The van der Waals surface area contributed by atoms with Crippen molar-refractivity contribution in [1.29, 1.82) is 0 Å². The summed E-state index contributed by atoms with van der Waals surface area (Å²) < 4.78 is 48.2. The number of aliphatic hydroxyl groups excluding tert-OH is 6. The molecule has 19 atom stereocenters. The van der Waals surface area contributed by atoms with E-state index in [1.807, 2.05) is 46.0 Å². The largest absolute Gasteiger partial charge is 0.487 e. The van der Waals surface area contributed by atoms with Gasteiger partial charge < -0.3 is 113 Å². The predicted molar refractivity (Wildman–Crippen MR) is 322 cm³/mol. The summed E-state index contributed by atoms with van der Waals surface area (Å²) in [6.07, 6.45) is -7.43. The molecule has 32 nitrogen and oxygen atoms in total. The van der Waals surface area contributed by atoms with Crippen molar-refractivity contribution in [3.63, 3.8) is 0 Å². The van der Waals surface area contributed by atoms with Crippen molar-refractivity contribution < 1.29 is 63.8 Å². The number of fused-ring (bicyclic) bond motifs is 1. The number of aromatic nitrogens is 11. The van der Waals surface area contributed by atoms with E-state index in [0.717, 1.165) is 124 Å². The number of nitrogens with zero attached hydrogens (tertiary/aromatic N) is 12. The summed E-state index contributed by atoms with van der Waals surface area (Å²) in [6.45, 7) is 5.59. The number of ether oxygens (including phenoxy) is 7. The molecular formula is C58H89N19O13. The first-order valence-electron chi connectivity index (χ1n) is 31.3. The predicted octanol–water partition coefficient (Wildman–Crippen LogP) is -3.71. The average molecular weight is 1260 g/mol. The number of anilines is 1. The number of nitrogens with two attached hydrogens (primary N) is 6. The first-order chi connectivity index (χ1) is 43.5. The van der Waals surface area contributed by atoms with Crippen molar-refractivity contribution in [3.8, 4) is 17.1 Å². The van der Waals surface area contributed by atoms with Crippen LogP contribution < -0.4 is 44.0 Å². The number of nitrogens with one attached hydrogen (secondary N) is 1. The number of rotatable bonds is 27. The zero-order valence-electron chi connectivity index (χ0n) is 50.5. The molecule has 8 heterocycles. The Morgan fingerprint density at radius 3 is 1.74 bits per heavy atom. The van der Waals surface area contributed by atoms with E-state index in [-0.39, 0.29) is 26.1 Å². The molecule has 4 saturated heterocycles. The van der Waals surface area contributed by atoms with Gasteiger partial charge >= 0.3 is 0 Å². The van der Waals surface area contributed by atoms with Gasteiger partial charge in [0.05, 0.1) is 53.4 Å². The van der Waals surface area contributed by atoms with Gasteiger partial charge in [-0.3, -0.25) is 9.36 Å². The van der Waals surface area contributed by atoms with Crippen LogP contribution in [0.4, 0.5) is 5.69 Å². The van der Waals surface area contributed by atoms with Crippen LogP contribution >= 0.6 is 0 Å². The number of hydrogen-bond acceptors (Lipinski definition) is 28. The number of imidazole rings is 1. The Hall–Kier alpha value is -5.83. The summed E-state index contributed by atoms with van der Waals surface area (Å²) in [5, 5.41) is 92.1. The molecule has 0 bridgehead atoms. The van der Waals surface area contributed by atoms with Crippen molar-refractivity contribution in [2.45, 2.75) is 200 Å². The Labute approximate surface area is 519 Å². The summed E-state index contributed by atoms with van der Waals surface area (Å²) in [5.74, 6) is 1.56. The number of likely N-dealkylation sites (N-methyl/N-ethyl adjacent to an activating group) is 1. The number of unbranched alkanes of at least 4 members (excludes halogenated alkanes) is 4. The Kier molecular flexibility index (Phi) is 21.8. The van der Waals surface area contributed by atoms with Crippen molar-refractivity contribution >= 4 is 16.7 Å². The first-order valence-corrected chi connectivity index (χ1v) is 31.3. The molecule has 32 heteroatoms. The zero-order chi connectivity index (χ0) is 63.2. The van der Waals surface area contributed by atoms with E-state index in [1.54, 1.807) is 6.20 Å². The molecular weight excluding hydrogens is 1170 g/mol. The van der Waals surface area contributed by atoms with Gasteiger partial charge in [-0.05, 0) is 94.5 Å². The minimum absolute atomic E-state index is 0.0373. The number of benzene rings is 2. The Balaban J connectivity index is 0.606. The van der Waals surface area contributed by atoms with E-state index < -0.39 is 116 Å². The van der Waals surface area contributed by atoms with Crippen LogP contribution in [0.2, 0.25) is 0 Å². The molecule has 0 radical (unpaired) electrons. The number of aryl methyl sites for hydroxylation is 4. The third-order valence-corrected chi connectivity index (χ3v) is 17.8. The van der Waals surface area contributed by atoms with E-state index >= 15 is 0 Å². The minimum atomic E-state index is -1.62. The topological polar surface area (TPSA) is 469 Å². The summed E-state index contributed by atoms with van der Waals surface area (Å²) in [5.41, 5.74) is 43.5. The van der Waals surface area contributed by atoms with E-state index in [0.29, 0.717) is 18.7 Å². The maximum Gasteiger partial charge on any atom is 0.187 e. The van der Waals surface area contributed by atoms with Crippen LogP contribution in [-0.4, -0.2) is 253 Å². The lowest BCUT2D eigenvalue weighted by atomic mass is 9.84. The fraction of sp³-hybridized carbons (Fsp3) is 0.672. The zero-order valence-corrected chi connectivity index (χ0v) is 50.5. The molecule has 2 aromatic carbocycles. The van der Waals surface area contributed by atoms with Crippen LogP contribution in [0.1, 0.15) is 62.0 Å². The van der Waals surface area contributed by atoms with Crippen molar-refractivity contribution in [1.82, 2.24) is 59.8 Å². The van der Waals surface area contributed by atoms with Crippen LogP contribution in [0.3, 0.4) is 0 Å². The second-order valence-electron chi connectivity index (χ2n) is 24.5. The minimum Gasteiger partial charge on any atom is -0.487 e. The highest BCUT2D eigenvalue weighted by molar-refractivity contribution is 5.83. The summed E-state index contributed by atoms with van der Waals surface area (Å²) in [4.78, 5) is 13.1. The number of piperazine rings is 1. The second kappa shape index (κ2) is 29.8. The van der Waals surface area contributed by atoms with Gasteiger partial charge in [-0.25, -0.2) is 9.67 Å². The van der Waals surface area contributed by atoms with Gasteiger partial charge in [0.25, 0.3) is 0 Å². The lowest BCUT2D eigenvalue weighted by Gasteiger charge is -2.47. The van der Waals surface area contributed by atoms with E-state index in [2.05, 4.69) is 71.0 Å². The van der Waals surface area contributed by atoms with E-state index in [4.69, 9.17) is 72.5 Å². The van der Waals surface area contributed by atoms with Gasteiger partial charge in [0.2, 0.25) is 0 Å². The Morgan fingerprint density at radius 1 is 0.567 bits per heavy atom. The highest BCUT2D eigenvalue weighted by Crippen LogP contribution is 2.36. The molecule has 1 aliphatic carbocycles. The van der Waals surface area contributed by atoms with Crippen molar-refractivity contribution in [2.24, 2.45) is 34.4 Å². The molecule has 7 unspecified atom stereocenters. The molecule has 11 rings (SSSR count). The Bertz CT molecular complexity index is 3180. The van der Waals surface area contributed by atoms with Crippen LogP contribution in [0.5, 0.6) is 5.75 Å². The quantitative estimate of drug-likeness (QED) is 0.0221. The van der Waals surface area contributed by atoms with Crippen LogP contribution in [-0.2, 0) is 67.5 Å². The van der Waals surface area contributed by atoms with Crippen LogP contribution in [0.15, 0.2) is 61.1 Å². The van der Waals surface area contributed by atoms with Crippen LogP contribution in [0.25, 0.3) is 22.4 Å². The maximum atomic E-state index is 12.0. The number of H-pyrrole nitrogens is 1. The maximum absolute atomic E-state index is 12.0. The average Bonchev–Trinajstić information content (AvgIpc) is 1.54.